The lowest BCUT2D eigenvalue weighted by Gasteiger charge is -2.33. The molecule has 1 heterocycles. The molecule has 104 valence electrons. The lowest BCUT2D eigenvalue weighted by atomic mass is 9.94. The SMILES string of the molecule is CCCC(=O)OC[C@]1(C)COC2(CCCCC2)O1. The molecule has 1 spiro atoms. The Bertz CT molecular complexity index is 296. The average molecular weight is 256 g/mol. The first-order valence-electron chi connectivity index (χ1n) is 7.07. The summed E-state index contributed by atoms with van der Waals surface area (Å²) in [6.07, 6.45) is 6.80. The number of carbonyl (C=O) groups excluding carboxylic acids is 1. The predicted octanol–water partition coefficient (Wildman–Crippen LogP) is 2.80. The molecule has 0 radical (unpaired) electrons. The van der Waals surface area contributed by atoms with E-state index in [0.29, 0.717) is 19.6 Å². The molecular formula is C14H24O4. The summed E-state index contributed by atoms with van der Waals surface area (Å²) in [5.41, 5.74) is -0.471. The first-order valence-corrected chi connectivity index (χ1v) is 7.07. The van der Waals surface area contributed by atoms with E-state index in [0.717, 1.165) is 32.1 Å². The summed E-state index contributed by atoms with van der Waals surface area (Å²) in [6.45, 7) is 4.75. The second kappa shape index (κ2) is 5.57. The first-order chi connectivity index (χ1) is 8.58. The van der Waals surface area contributed by atoms with E-state index in [1.54, 1.807) is 0 Å². The van der Waals surface area contributed by atoms with Gasteiger partial charge in [-0.1, -0.05) is 13.3 Å². The van der Waals surface area contributed by atoms with Gasteiger partial charge in [-0.2, -0.15) is 0 Å². The van der Waals surface area contributed by atoms with Crippen LogP contribution in [0.4, 0.5) is 0 Å². The van der Waals surface area contributed by atoms with Crippen molar-refractivity contribution in [1.82, 2.24) is 0 Å². The van der Waals surface area contributed by atoms with Crippen LogP contribution in [0.1, 0.15) is 58.8 Å². The molecule has 1 atom stereocenters. The van der Waals surface area contributed by atoms with Gasteiger partial charge in [-0.05, 0) is 26.2 Å². The molecule has 1 saturated heterocycles. The van der Waals surface area contributed by atoms with E-state index in [-0.39, 0.29) is 5.97 Å². The highest BCUT2D eigenvalue weighted by molar-refractivity contribution is 5.69. The van der Waals surface area contributed by atoms with Crippen LogP contribution in [0.25, 0.3) is 0 Å². The molecule has 2 fully saturated rings. The fourth-order valence-corrected chi connectivity index (χ4v) is 2.71. The Kier molecular flexibility index (Phi) is 4.28. The lowest BCUT2D eigenvalue weighted by molar-refractivity contribution is -0.210. The fraction of sp³-hybridized carbons (Fsp3) is 0.929. The molecule has 0 aromatic heterocycles. The third-order valence-corrected chi connectivity index (χ3v) is 3.68. The van der Waals surface area contributed by atoms with Crippen molar-refractivity contribution in [3.63, 3.8) is 0 Å². The zero-order valence-corrected chi connectivity index (χ0v) is 11.5. The van der Waals surface area contributed by atoms with Crippen molar-refractivity contribution in [2.24, 2.45) is 0 Å². The highest BCUT2D eigenvalue weighted by atomic mass is 16.8. The standard InChI is InChI=1S/C14H24O4/c1-3-7-12(15)16-10-13(2)11-17-14(18-13)8-5-4-6-9-14/h3-11H2,1-2H3/t13-/m1/s1. The van der Waals surface area contributed by atoms with Crippen LogP contribution in [-0.4, -0.2) is 30.6 Å². The minimum atomic E-state index is -0.471. The van der Waals surface area contributed by atoms with Gasteiger partial charge in [0.15, 0.2) is 5.79 Å². The van der Waals surface area contributed by atoms with Crippen LogP contribution in [0.15, 0.2) is 0 Å². The van der Waals surface area contributed by atoms with Gasteiger partial charge in [-0.3, -0.25) is 4.79 Å². The van der Waals surface area contributed by atoms with Crippen LogP contribution < -0.4 is 0 Å². The molecular weight excluding hydrogens is 232 g/mol. The molecule has 0 N–H and O–H groups in total. The van der Waals surface area contributed by atoms with Crippen LogP contribution in [0.2, 0.25) is 0 Å². The molecule has 1 aliphatic carbocycles. The van der Waals surface area contributed by atoms with Crippen molar-refractivity contribution in [2.75, 3.05) is 13.2 Å². The summed E-state index contributed by atoms with van der Waals surface area (Å²) in [6, 6.07) is 0. The van der Waals surface area contributed by atoms with E-state index in [1.807, 2.05) is 13.8 Å². The second-order valence-corrected chi connectivity index (χ2v) is 5.72. The summed E-state index contributed by atoms with van der Waals surface area (Å²) >= 11 is 0. The maximum atomic E-state index is 11.4. The summed E-state index contributed by atoms with van der Waals surface area (Å²) in [7, 11) is 0. The van der Waals surface area contributed by atoms with E-state index in [2.05, 4.69) is 0 Å². The zero-order chi connectivity index (χ0) is 13.1. The predicted molar refractivity (Wildman–Crippen MR) is 67.1 cm³/mol. The van der Waals surface area contributed by atoms with E-state index in [4.69, 9.17) is 14.2 Å². The van der Waals surface area contributed by atoms with Crippen molar-refractivity contribution in [2.45, 2.75) is 70.2 Å². The maximum Gasteiger partial charge on any atom is 0.305 e. The van der Waals surface area contributed by atoms with Crippen molar-refractivity contribution >= 4 is 5.97 Å². The third-order valence-electron chi connectivity index (χ3n) is 3.68. The number of carbonyl (C=O) groups is 1. The first kappa shape index (κ1) is 13.8. The van der Waals surface area contributed by atoms with Gasteiger partial charge in [0.25, 0.3) is 0 Å². The molecule has 18 heavy (non-hydrogen) atoms. The molecule has 0 amide bonds. The topological polar surface area (TPSA) is 44.8 Å². The summed E-state index contributed by atoms with van der Waals surface area (Å²) < 4.78 is 17.2. The van der Waals surface area contributed by atoms with Gasteiger partial charge < -0.3 is 14.2 Å². The van der Waals surface area contributed by atoms with Crippen molar-refractivity contribution in [3.8, 4) is 0 Å². The molecule has 1 saturated carbocycles. The molecule has 4 nitrogen and oxygen atoms in total. The van der Waals surface area contributed by atoms with Gasteiger partial charge in [0, 0.05) is 19.3 Å². The van der Waals surface area contributed by atoms with E-state index in [1.165, 1.54) is 6.42 Å². The van der Waals surface area contributed by atoms with E-state index in [9.17, 15) is 4.79 Å². The van der Waals surface area contributed by atoms with Crippen LogP contribution in [-0.2, 0) is 19.0 Å². The van der Waals surface area contributed by atoms with Crippen molar-refractivity contribution < 1.29 is 19.0 Å². The van der Waals surface area contributed by atoms with Gasteiger partial charge in [-0.15, -0.1) is 0 Å². The largest absolute Gasteiger partial charge is 0.463 e. The minimum absolute atomic E-state index is 0.146. The Labute approximate surface area is 109 Å². The molecule has 0 aromatic carbocycles. The average Bonchev–Trinajstić information content (AvgIpc) is 2.67. The maximum absolute atomic E-state index is 11.4. The summed E-state index contributed by atoms with van der Waals surface area (Å²) in [4.78, 5) is 11.4. The normalized spacial score (nSPS) is 30.6. The summed E-state index contributed by atoms with van der Waals surface area (Å²) in [5.74, 6) is -0.545. The van der Waals surface area contributed by atoms with Gasteiger partial charge in [0.2, 0.25) is 0 Å². The van der Waals surface area contributed by atoms with Gasteiger partial charge in [0.05, 0.1) is 6.61 Å². The molecule has 0 unspecified atom stereocenters. The Balaban J connectivity index is 1.83. The van der Waals surface area contributed by atoms with Crippen molar-refractivity contribution in [3.05, 3.63) is 0 Å². The lowest BCUT2D eigenvalue weighted by Crippen LogP contribution is -2.39. The van der Waals surface area contributed by atoms with Crippen LogP contribution in [0.5, 0.6) is 0 Å². The molecule has 2 rings (SSSR count). The quantitative estimate of drug-likeness (QED) is 0.725. The number of hydrogen-bond donors (Lipinski definition) is 0. The van der Waals surface area contributed by atoms with Crippen LogP contribution in [0, 0.1) is 0 Å². The molecule has 0 bridgehead atoms. The number of rotatable bonds is 4. The number of hydrogen-bond acceptors (Lipinski definition) is 4. The Morgan fingerprint density at radius 1 is 1.28 bits per heavy atom. The molecule has 2 aliphatic rings. The minimum Gasteiger partial charge on any atom is -0.463 e. The monoisotopic (exact) mass is 256 g/mol. The van der Waals surface area contributed by atoms with Gasteiger partial charge >= 0.3 is 5.97 Å². The van der Waals surface area contributed by atoms with E-state index < -0.39 is 11.4 Å². The zero-order valence-electron chi connectivity index (χ0n) is 11.5. The number of esters is 1. The Morgan fingerprint density at radius 3 is 2.67 bits per heavy atom. The smallest absolute Gasteiger partial charge is 0.305 e. The highest BCUT2D eigenvalue weighted by Gasteiger charge is 2.48. The van der Waals surface area contributed by atoms with Crippen LogP contribution in [0.3, 0.4) is 0 Å². The Morgan fingerprint density at radius 2 is 2.00 bits per heavy atom. The molecule has 4 heteroatoms. The summed E-state index contributed by atoms with van der Waals surface area (Å²) in [5, 5.41) is 0. The van der Waals surface area contributed by atoms with Crippen molar-refractivity contribution in [1.29, 1.82) is 0 Å². The van der Waals surface area contributed by atoms with Gasteiger partial charge in [0.1, 0.15) is 12.2 Å². The molecule has 1 aliphatic heterocycles. The Hall–Kier alpha value is -0.610. The fourth-order valence-electron chi connectivity index (χ4n) is 2.71. The molecule has 0 aromatic rings. The third kappa shape index (κ3) is 3.23. The highest BCUT2D eigenvalue weighted by Crippen LogP contribution is 2.41. The van der Waals surface area contributed by atoms with Crippen LogP contribution >= 0.6 is 0 Å². The number of ether oxygens (including phenoxy) is 3. The van der Waals surface area contributed by atoms with E-state index >= 15 is 0 Å². The van der Waals surface area contributed by atoms with Gasteiger partial charge in [-0.25, -0.2) is 0 Å². The second-order valence-electron chi connectivity index (χ2n) is 5.72.